The van der Waals surface area contributed by atoms with E-state index in [1.165, 1.54) is 11.6 Å². The third-order valence-corrected chi connectivity index (χ3v) is 3.52. The minimum atomic E-state index is -0.166. The fourth-order valence-corrected chi connectivity index (χ4v) is 2.02. The Bertz CT molecular complexity index is 623. The molecule has 2 rings (SSSR count). The van der Waals surface area contributed by atoms with E-state index < -0.39 is 0 Å². The smallest absolute Gasteiger partial charge is 0.248 e. The molecule has 1 N–H and O–H groups in total. The molecule has 3 heteroatoms. The molecule has 1 aromatic heterocycles. The lowest BCUT2D eigenvalue weighted by atomic mass is 9.99. The van der Waals surface area contributed by atoms with E-state index in [9.17, 15) is 4.79 Å². The van der Waals surface area contributed by atoms with Crippen molar-refractivity contribution in [2.24, 2.45) is 0 Å². The van der Waals surface area contributed by atoms with Gasteiger partial charge in [-0.15, -0.1) is 0 Å². The summed E-state index contributed by atoms with van der Waals surface area (Å²) in [4.78, 5) is 11.8. The van der Waals surface area contributed by atoms with E-state index in [4.69, 9.17) is 4.42 Å². The van der Waals surface area contributed by atoms with Gasteiger partial charge in [0.05, 0.1) is 0 Å². The van der Waals surface area contributed by atoms with Gasteiger partial charge in [-0.1, -0.05) is 26.0 Å². The molecule has 2 aromatic rings. The first kappa shape index (κ1) is 15.1. The van der Waals surface area contributed by atoms with Crippen LogP contribution in [0.1, 0.15) is 43.3 Å². The second-order valence-corrected chi connectivity index (χ2v) is 5.20. The summed E-state index contributed by atoms with van der Waals surface area (Å²) in [5.41, 5.74) is 2.09. The molecule has 1 unspecified atom stereocenters. The third-order valence-electron chi connectivity index (χ3n) is 3.52. The van der Waals surface area contributed by atoms with E-state index >= 15 is 0 Å². The van der Waals surface area contributed by atoms with Gasteiger partial charge in [0.15, 0.2) is 0 Å². The van der Waals surface area contributed by atoms with E-state index in [2.05, 4.69) is 31.3 Å². The molecule has 0 saturated carbocycles. The zero-order chi connectivity index (χ0) is 15.2. The maximum absolute atomic E-state index is 11.8. The molecule has 0 spiro atoms. The van der Waals surface area contributed by atoms with Gasteiger partial charge in [-0.2, -0.15) is 0 Å². The van der Waals surface area contributed by atoms with E-state index in [1.807, 2.05) is 31.2 Å². The van der Waals surface area contributed by atoms with Crippen LogP contribution in [0.5, 0.6) is 0 Å². The highest BCUT2D eigenvalue weighted by atomic mass is 16.3. The first-order valence-electron chi connectivity index (χ1n) is 7.24. The molecule has 0 radical (unpaired) electrons. The molecule has 0 fully saturated rings. The topological polar surface area (TPSA) is 42.2 Å². The van der Waals surface area contributed by atoms with Crippen molar-refractivity contribution in [3.8, 4) is 0 Å². The SMILES string of the molecule is CCC(C)c1ccc(NC(=O)/C=C/c2ccc(C)o2)cc1. The van der Waals surface area contributed by atoms with Crippen molar-refractivity contribution < 1.29 is 9.21 Å². The molecule has 3 nitrogen and oxygen atoms in total. The Morgan fingerprint density at radius 1 is 1.24 bits per heavy atom. The molecule has 1 heterocycles. The zero-order valence-electron chi connectivity index (χ0n) is 12.7. The fourth-order valence-electron chi connectivity index (χ4n) is 2.02. The Balaban J connectivity index is 1.95. The average Bonchev–Trinajstić information content (AvgIpc) is 2.91. The van der Waals surface area contributed by atoms with Crippen molar-refractivity contribution in [2.45, 2.75) is 33.1 Å². The van der Waals surface area contributed by atoms with Gasteiger partial charge in [-0.05, 0) is 55.2 Å². The molecular formula is C18H21NO2. The summed E-state index contributed by atoms with van der Waals surface area (Å²) in [6.45, 7) is 6.24. The highest BCUT2D eigenvalue weighted by Crippen LogP contribution is 2.20. The largest absolute Gasteiger partial charge is 0.462 e. The molecule has 0 aliphatic carbocycles. The van der Waals surface area contributed by atoms with Crippen molar-refractivity contribution in [1.82, 2.24) is 0 Å². The van der Waals surface area contributed by atoms with Gasteiger partial charge in [0, 0.05) is 11.8 Å². The van der Waals surface area contributed by atoms with Crippen LogP contribution in [-0.2, 0) is 4.79 Å². The minimum Gasteiger partial charge on any atom is -0.462 e. The Hall–Kier alpha value is -2.29. The van der Waals surface area contributed by atoms with Crippen LogP contribution >= 0.6 is 0 Å². The number of aryl methyl sites for hydroxylation is 1. The molecule has 0 aliphatic rings. The van der Waals surface area contributed by atoms with E-state index in [0.717, 1.165) is 17.9 Å². The van der Waals surface area contributed by atoms with Crippen LogP contribution in [0.2, 0.25) is 0 Å². The van der Waals surface area contributed by atoms with Gasteiger partial charge in [0.25, 0.3) is 0 Å². The number of amides is 1. The first-order valence-corrected chi connectivity index (χ1v) is 7.24. The summed E-state index contributed by atoms with van der Waals surface area (Å²) in [5.74, 6) is 1.88. The number of hydrogen-bond donors (Lipinski definition) is 1. The van der Waals surface area contributed by atoms with Crippen LogP contribution in [0.15, 0.2) is 46.9 Å². The molecule has 0 aliphatic heterocycles. The number of hydrogen-bond acceptors (Lipinski definition) is 2. The minimum absolute atomic E-state index is 0.166. The summed E-state index contributed by atoms with van der Waals surface area (Å²) in [6.07, 6.45) is 4.24. The monoisotopic (exact) mass is 283 g/mol. The summed E-state index contributed by atoms with van der Waals surface area (Å²) >= 11 is 0. The van der Waals surface area contributed by atoms with E-state index in [-0.39, 0.29) is 5.91 Å². The van der Waals surface area contributed by atoms with E-state index in [1.54, 1.807) is 6.08 Å². The molecule has 0 bridgehead atoms. The maximum atomic E-state index is 11.8. The average molecular weight is 283 g/mol. The summed E-state index contributed by atoms with van der Waals surface area (Å²) in [5, 5.41) is 2.84. The van der Waals surface area contributed by atoms with Crippen LogP contribution in [0.25, 0.3) is 6.08 Å². The van der Waals surface area contributed by atoms with Crippen LogP contribution in [-0.4, -0.2) is 5.91 Å². The molecule has 1 amide bonds. The van der Waals surface area contributed by atoms with Crippen molar-refractivity contribution in [3.63, 3.8) is 0 Å². The van der Waals surface area contributed by atoms with Gasteiger partial charge in [0.2, 0.25) is 5.91 Å². The Morgan fingerprint density at radius 2 is 1.95 bits per heavy atom. The number of furan rings is 1. The summed E-state index contributed by atoms with van der Waals surface area (Å²) < 4.78 is 5.37. The van der Waals surface area contributed by atoms with Gasteiger partial charge < -0.3 is 9.73 Å². The summed E-state index contributed by atoms with van der Waals surface area (Å²) in [7, 11) is 0. The molecule has 0 saturated heterocycles. The fraction of sp³-hybridized carbons (Fsp3) is 0.278. The standard InChI is InChI=1S/C18H21NO2/c1-4-13(2)15-6-8-16(9-7-15)19-18(20)12-11-17-10-5-14(3)21-17/h5-13H,4H2,1-3H3,(H,19,20)/b12-11+. The predicted molar refractivity (Wildman–Crippen MR) is 86.3 cm³/mol. The molecule has 1 atom stereocenters. The Labute approximate surface area is 125 Å². The molecule has 21 heavy (non-hydrogen) atoms. The molecule has 1 aromatic carbocycles. The quantitative estimate of drug-likeness (QED) is 0.804. The highest BCUT2D eigenvalue weighted by molar-refractivity contribution is 6.01. The third kappa shape index (κ3) is 4.35. The first-order chi connectivity index (χ1) is 10.1. The van der Waals surface area contributed by atoms with Crippen LogP contribution in [0, 0.1) is 6.92 Å². The zero-order valence-corrected chi connectivity index (χ0v) is 12.7. The van der Waals surface area contributed by atoms with Crippen LogP contribution in [0.3, 0.4) is 0 Å². The highest BCUT2D eigenvalue weighted by Gasteiger charge is 2.03. The second-order valence-electron chi connectivity index (χ2n) is 5.20. The van der Waals surface area contributed by atoms with Gasteiger partial charge in [-0.3, -0.25) is 4.79 Å². The number of anilines is 1. The molecule has 110 valence electrons. The lowest BCUT2D eigenvalue weighted by Crippen LogP contribution is -2.07. The Morgan fingerprint density at radius 3 is 2.52 bits per heavy atom. The number of carbonyl (C=O) groups is 1. The Kier molecular flexibility index (Phi) is 4.99. The van der Waals surface area contributed by atoms with Crippen LogP contribution in [0.4, 0.5) is 5.69 Å². The number of benzene rings is 1. The lowest BCUT2D eigenvalue weighted by molar-refractivity contribution is -0.111. The number of rotatable bonds is 5. The predicted octanol–water partition coefficient (Wildman–Crippen LogP) is 4.75. The lowest BCUT2D eigenvalue weighted by Gasteiger charge is -2.09. The van der Waals surface area contributed by atoms with Crippen molar-refractivity contribution in [2.75, 3.05) is 5.32 Å². The normalized spacial score (nSPS) is 12.5. The number of carbonyl (C=O) groups excluding carboxylic acids is 1. The van der Waals surface area contributed by atoms with Crippen molar-refractivity contribution >= 4 is 17.7 Å². The maximum Gasteiger partial charge on any atom is 0.248 e. The van der Waals surface area contributed by atoms with Crippen molar-refractivity contribution in [1.29, 1.82) is 0 Å². The second kappa shape index (κ2) is 6.93. The van der Waals surface area contributed by atoms with Gasteiger partial charge >= 0.3 is 0 Å². The number of nitrogens with one attached hydrogen (secondary N) is 1. The van der Waals surface area contributed by atoms with Crippen LogP contribution < -0.4 is 5.32 Å². The molecular weight excluding hydrogens is 262 g/mol. The van der Waals surface area contributed by atoms with E-state index in [0.29, 0.717) is 11.7 Å². The van der Waals surface area contributed by atoms with Gasteiger partial charge in [0.1, 0.15) is 11.5 Å². The van der Waals surface area contributed by atoms with Gasteiger partial charge in [-0.25, -0.2) is 0 Å². The van der Waals surface area contributed by atoms with Crippen molar-refractivity contribution in [3.05, 3.63) is 59.6 Å². The summed E-state index contributed by atoms with van der Waals surface area (Å²) in [6, 6.07) is 11.7.